The molecule has 0 aromatic heterocycles. The van der Waals surface area contributed by atoms with Crippen molar-refractivity contribution in [3.05, 3.63) is 29.8 Å². The van der Waals surface area contributed by atoms with Crippen molar-refractivity contribution in [2.45, 2.75) is 33.1 Å². The van der Waals surface area contributed by atoms with Crippen LogP contribution in [0.25, 0.3) is 0 Å². The van der Waals surface area contributed by atoms with E-state index in [9.17, 15) is 4.79 Å². The minimum absolute atomic E-state index is 0.0184. The van der Waals surface area contributed by atoms with Crippen LogP contribution in [-0.4, -0.2) is 18.2 Å². The van der Waals surface area contributed by atoms with E-state index in [1.165, 1.54) is 0 Å². The largest absolute Gasteiger partial charge is 0.497 e. The predicted octanol–water partition coefficient (Wildman–Crippen LogP) is 3.30. The lowest BCUT2D eigenvalue weighted by atomic mass is 9.74. The lowest BCUT2D eigenvalue weighted by Crippen LogP contribution is -2.21. The van der Waals surface area contributed by atoms with E-state index in [4.69, 9.17) is 9.84 Å². The number of carboxylic acid groups (broad SMARTS) is 1. The molecule has 0 aliphatic rings. The van der Waals surface area contributed by atoms with Gasteiger partial charge in [-0.15, -0.1) is 0 Å². The summed E-state index contributed by atoms with van der Waals surface area (Å²) in [6.45, 7) is 6.17. The molecule has 0 radical (unpaired) electrons. The van der Waals surface area contributed by atoms with Crippen LogP contribution in [0.3, 0.4) is 0 Å². The highest BCUT2D eigenvalue weighted by Crippen LogP contribution is 2.38. The maximum atomic E-state index is 11.0. The highest BCUT2D eigenvalue weighted by molar-refractivity contribution is 5.68. The van der Waals surface area contributed by atoms with Gasteiger partial charge in [0.1, 0.15) is 5.75 Å². The third-order valence-electron chi connectivity index (χ3n) is 2.92. The summed E-state index contributed by atoms with van der Waals surface area (Å²) in [6.07, 6.45) is 0.136. The first-order chi connectivity index (χ1) is 7.84. The Morgan fingerprint density at radius 3 is 2.53 bits per heavy atom. The van der Waals surface area contributed by atoms with Gasteiger partial charge in [0.2, 0.25) is 0 Å². The van der Waals surface area contributed by atoms with E-state index in [1.54, 1.807) is 7.11 Å². The SMILES string of the molecule is COc1cccc(C(CC(=O)O)C(C)(C)C)c1. The van der Waals surface area contributed by atoms with Crippen LogP contribution in [-0.2, 0) is 4.79 Å². The van der Waals surface area contributed by atoms with Crippen molar-refractivity contribution in [2.24, 2.45) is 5.41 Å². The van der Waals surface area contributed by atoms with E-state index in [0.29, 0.717) is 0 Å². The molecule has 0 heterocycles. The van der Waals surface area contributed by atoms with Gasteiger partial charge in [-0.05, 0) is 29.0 Å². The maximum Gasteiger partial charge on any atom is 0.303 e. The quantitative estimate of drug-likeness (QED) is 0.872. The van der Waals surface area contributed by atoms with Crippen LogP contribution >= 0.6 is 0 Å². The van der Waals surface area contributed by atoms with Crippen LogP contribution in [0.5, 0.6) is 5.75 Å². The van der Waals surface area contributed by atoms with Gasteiger partial charge in [0.15, 0.2) is 0 Å². The van der Waals surface area contributed by atoms with Gasteiger partial charge >= 0.3 is 5.97 Å². The molecule has 0 aliphatic heterocycles. The van der Waals surface area contributed by atoms with E-state index in [0.717, 1.165) is 11.3 Å². The van der Waals surface area contributed by atoms with Crippen LogP contribution in [0.1, 0.15) is 38.7 Å². The molecular weight excluding hydrogens is 216 g/mol. The molecule has 3 heteroatoms. The number of carboxylic acids is 1. The summed E-state index contributed by atoms with van der Waals surface area (Å²) in [4.78, 5) is 11.0. The van der Waals surface area contributed by atoms with E-state index >= 15 is 0 Å². The Morgan fingerprint density at radius 1 is 1.41 bits per heavy atom. The molecule has 1 unspecified atom stereocenters. The fourth-order valence-electron chi connectivity index (χ4n) is 1.96. The molecule has 0 aliphatic carbocycles. The van der Waals surface area contributed by atoms with Gasteiger partial charge in [-0.1, -0.05) is 32.9 Å². The predicted molar refractivity (Wildman–Crippen MR) is 67.4 cm³/mol. The number of benzene rings is 1. The zero-order valence-corrected chi connectivity index (χ0v) is 10.9. The highest BCUT2D eigenvalue weighted by Gasteiger charge is 2.28. The standard InChI is InChI=1S/C14H20O3/c1-14(2,3)12(9-13(15)16)10-6-5-7-11(8-10)17-4/h5-8,12H,9H2,1-4H3,(H,15,16). The Morgan fingerprint density at radius 2 is 2.06 bits per heavy atom. The monoisotopic (exact) mass is 236 g/mol. The van der Waals surface area contributed by atoms with Crippen LogP contribution in [0.2, 0.25) is 0 Å². The minimum atomic E-state index is -0.771. The summed E-state index contributed by atoms with van der Waals surface area (Å²) in [5, 5.41) is 9.00. The van der Waals surface area contributed by atoms with Gasteiger partial charge in [-0.2, -0.15) is 0 Å². The number of aliphatic carboxylic acids is 1. The highest BCUT2D eigenvalue weighted by atomic mass is 16.5. The van der Waals surface area contributed by atoms with Gasteiger partial charge in [-0.3, -0.25) is 4.79 Å². The molecule has 1 N–H and O–H groups in total. The van der Waals surface area contributed by atoms with Crippen LogP contribution in [0.4, 0.5) is 0 Å². The Bertz CT molecular complexity index is 391. The zero-order valence-electron chi connectivity index (χ0n) is 10.9. The average Bonchev–Trinajstić information content (AvgIpc) is 2.24. The molecule has 17 heavy (non-hydrogen) atoms. The van der Waals surface area contributed by atoms with Crippen molar-refractivity contribution in [3.63, 3.8) is 0 Å². The Labute approximate surface area is 102 Å². The summed E-state index contributed by atoms with van der Waals surface area (Å²) in [7, 11) is 1.61. The summed E-state index contributed by atoms with van der Waals surface area (Å²) in [5.41, 5.74) is 0.921. The lowest BCUT2D eigenvalue weighted by molar-refractivity contribution is -0.138. The zero-order chi connectivity index (χ0) is 13.1. The van der Waals surface area contributed by atoms with Crippen LogP contribution < -0.4 is 4.74 Å². The molecule has 0 saturated carbocycles. The number of carbonyl (C=O) groups is 1. The van der Waals surface area contributed by atoms with Crippen LogP contribution in [0, 0.1) is 5.41 Å². The first kappa shape index (κ1) is 13.6. The summed E-state index contributed by atoms with van der Waals surface area (Å²) in [5.74, 6) is -0.0232. The van der Waals surface area contributed by atoms with Crippen molar-refractivity contribution in [2.75, 3.05) is 7.11 Å². The van der Waals surface area contributed by atoms with Gasteiger partial charge < -0.3 is 9.84 Å². The molecule has 94 valence electrons. The molecule has 1 atom stereocenters. The Hall–Kier alpha value is -1.51. The van der Waals surface area contributed by atoms with Gasteiger partial charge in [0, 0.05) is 0 Å². The normalized spacial score (nSPS) is 13.2. The summed E-state index contributed by atoms with van der Waals surface area (Å²) >= 11 is 0. The van der Waals surface area contributed by atoms with Gasteiger partial charge in [0.25, 0.3) is 0 Å². The summed E-state index contributed by atoms with van der Waals surface area (Å²) in [6, 6.07) is 7.64. The molecular formula is C14H20O3. The van der Waals surface area contributed by atoms with E-state index in [2.05, 4.69) is 20.8 Å². The van der Waals surface area contributed by atoms with Crippen molar-refractivity contribution < 1.29 is 14.6 Å². The van der Waals surface area contributed by atoms with E-state index < -0.39 is 5.97 Å². The van der Waals surface area contributed by atoms with Gasteiger partial charge in [0.05, 0.1) is 13.5 Å². The Kier molecular flexibility index (Phi) is 4.16. The number of ether oxygens (including phenoxy) is 1. The van der Waals surface area contributed by atoms with Gasteiger partial charge in [-0.25, -0.2) is 0 Å². The molecule has 1 aromatic carbocycles. The van der Waals surface area contributed by atoms with Crippen molar-refractivity contribution in [3.8, 4) is 5.75 Å². The molecule has 0 saturated heterocycles. The topological polar surface area (TPSA) is 46.5 Å². The fraction of sp³-hybridized carbons (Fsp3) is 0.500. The second-order valence-electron chi connectivity index (χ2n) is 5.29. The third kappa shape index (κ3) is 3.77. The Balaban J connectivity index is 3.08. The molecule has 0 amide bonds. The lowest BCUT2D eigenvalue weighted by Gasteiger charge is -2.30. The van der Waals surface area contributed by atoms with Crippen molar-refractivity contribution in [1.29, 1.82) is 0 Å². The average molecular weight is 236 g/mol. The second kappa shape index (κ2) is 5.21. The van der Waals surface area contributed by atoms with Crippen molar-refractivity contribution in [1.82, 2.24) is 0 Å². The second-order valence-corrected chi connectivity index (χ2v) is 5.29. The molecule has 3 nitrogen and oxygen atoms in total. The minimum Gasteiger partial charge on any atom is -0.497 e. The molecule has 0 fully saturated rings. The number of rotatable bonds is 4. The molecule has 0 bridgehead atoms. The van der Waals surface area contributed by atoms with E-state index in [1.807, 2.05) is 24.3 Å². The number of methoxy groups -OCH3 is 1. The summed E-state index contributed by atoms with van der Waals surface area (Å²) < 4.78 is 5.18. The fourth-order valence-corrected chi connectivity index (χ4v) is 1.96. The van der Waals surface area contributed by atoms with Crippen molar-refractivity contribution >= 4 is 5.97 Å². The molecule has 1 rings (SSSR count). The van der Waals surface area contributed by atoms with E-state index in [-0.39, 0.29) is 17.8 Å². The first-order valence-corrected chi connectivity index (χ1v) is 5.70. The molecule has 1 aromatic rings. The number of hydrogen-bond donors (Lipinski definition) is 1. The maximum absolute atomic E-state index is 11.0. The van der Waals surface area contributed by atoms with Crippen LogP contribution in [0.15, 0.2) is 24.3 Å². The number of hydrogen-bond acceptors (Lipinski definition) is 2. The third-order valence-corrected chi connectivity index (χ3v) is 2.92. The first-order valence-electron chi connectivity index (χ1n) is 5.70. The smallest absolute Gasteiger partial charge is 0.303 e. The molecule has 0 spiro atoms.